The zero-order chi connectivity index (χ0) is 19.6. The molecule has 0 aromatic heterocycles. The number of benzene rings is 2. The third-order valence-electron chi connectivity index (χ3n) is 6.07. The van der Waals surface area contributed by atoms with Crippen molar-refractivity contribution in [2.45, 2.75) is 44.8 Å². The van der Waals surface area contributed by atoms with E-state index in [1.165, 1.54) is 19.4 Å². The van der Waals surface area contributed by atoms with Crippen molar-refractivity contribution in [2.75, 3.05) is 13.1 Å². The highest BCUT2D eigenvalue weighted by Crippen LogP contribution is 2.49. The summed E-state index contributed by atoms with van der Waals surface area (Å²) in [6, 6.07) is 7.03. The van der Waals surface area contributed by atoms with E-state index >= 15 is 0 Å². The molecule has 1 atom stereocenters. The first-order valence-electron chi connectivity index (χ1n) is 8.98. The average molecular weight is 381 g/mol. The first kappa shape index (κ1) is 18.4. The summed E-state index contributed by atoms with van der Waals surface area (Å²) in [5, 5.41) is 0. The molecule has 1 heterocycles. The maximum Gasteiger partial charge on any atom is 0.399 e. The van der Waals surface area contributed by atoms with Gasteiger partial charge in [0.25, 0.3) is 0 Å². The van der Waals surface area contributed by atoms with Crippen LogP contribution in [0.25, 0.3) is 0 Å². The Morgan fingerprint density at radius 1 is 1.07 bits per heavy atom. The van der Waals surface area contributed by atoms with Gasteiger partial charge in [-0.2, -0.15) is 13.2 Å². The summed E-state index contributed by atoms with van der Waals surface area (Å²) in [7, 11) is 0. The molecule has 0 spiro atoms. The van der Waals surface area contributed by atoms with Gasteiger partial charge in [0.05, 0.1) is 0 Å². The second-order valence-corrected chi connectivity index (χ2v) is 7.81. The number of aryl methyl sites for hydroxylation is 1. The number of rotatable bonds is 3. The standard InChI is InChI=1S/C21H20F5N/c1-12-7-17(19(23)13(2)18(12)22)20(21(24,25)26)5-6-27(11-20)10-15-4-3-14-8-16(15)9-14/h3-4,7-8H,5-6,9-11H2,1-2H3. The van der Waals surface area contributed by atoms with Crippen LogP contribution in [0.3, 0.4) is 0 Å². The van der Waals surface area contributed by atoms with Gasteiger partial charge in [0, 0.05) is 24.2 Å². The van der Waals surface area contributed by atoms with E-state index in [1.54, 1.807) is 4.90 Å². The Kier molecular flexibility index (Phi) is 4.11. The van der Waals surface area contributed by atoms with Crippen LogP contribution in [-0.2, 0) is 18.4 Å². The monoisotopic (exact) mass is 381 g/mol. The van der Waals surface area contributed by atoms with E-state index in [4.69, 9.17) is 0 Å². The predicted molar refractivity (Wildman–Crippen MR) is 92.7 cm³/mol. The molecule has 3 aliphatic rings. The van der Waals surface area contributed by atoms with E-state index < -0.39 is 28.8 Å². The highest BCUT2D eigenvalue weighted by Gasteiger charge is 2.60. The van der Waals surface area contributed by atoms with Gasteiger partial charge < -0.3 is 0 Å². The molecule has 1 unspecified atom stereocenters. The Bertz CT molecular complexity index is 914. The minimum Gasteiger partial charge on any atom is -0.298 e. The molecular formula is C21H20F5N. The molecule has 1 aliphatic heterocycles. The van der Waals surface area contributed by atoms with Gasteiger partial charge in [-0.3, -0.25) is 4.90 Å². The summed E-state index contributed by atoms with van der Waals surface area (Å²) in [6.45, 7) is 2.88. The lowest BCUT2D eigenvalue weighted by molar-refractivity contribution is -0.188. The molecule has 1 nitrogen and oxygen atoms in total. The molecular weight excluding hydrogens is 361 g/mol. The number of nitrogens with zero attached hydrogens (tertiary/aromatic N) is 1. The zero-order valence-electron chi connectivity index (χ0n) is 15.2. The third-order valence-corrected chi connectivity index (χ3v) is 6.07. The van der Waals surface area contributed by atoms with Gasteiger partial charge in [0.2, 0.25) is 0 Å². The van der Waals surface area contributed by atoms with Crippen LogP contribution in [0.1, 0.15) is 39.8 Å². The van der Waals surface area contributed by atoms with Crippen molar-refractivity contribution >= 4 is 0 Å². The highest BCUT2D eigenvalue weighted by molar-refractivity contribution is 5.44. The molecule has 0 amide bonds. The quantitative estimate of drug-likeness (QED) is 0.564. The van der Waals surface area contributed by atoms with Crippen molar-refractivity contribution in [2.24, 2.45) is 0 Å². The SMILES string of the molecule is Cc1cc(C2(C(F)(F)F)CCN(Cc3ccc4cc3C4)C2)c(F)c(C)c1F. The smallest absolute Gasteiger partial charge is 0.298 e. The fraction of sp³-hybridized carbons (Fsp3) is 0.429. The molecule has 2 bridgehead atoms. The number of hydrogen-bond acceptors (Lipinski definition) is 1. The fourth-order valence-electron chi connectivity index (χ4n) is 4.35. The molecule has 0 saturated carbocycles. The van der Waals surface area contributed by atoms with E-state index in [0.29, 0.717) is 6.54 Å². The van der Waals surface area contributed by atoms with E-state index in [9.17, 15) is 22.0 Å². The summed E-state index contributed by atoms with van der Waals surface area (Å²) in [6.07, 6.45) is -3.98. The minimum atomic E-state index is -4.62. The molecule has 144 valence electrons. The Morgan fingerprint density at radius 3 is 2.37 bits per heavy atom. The van der Waals surface area contributed by atoms with Crippen LogP contribution in [0, 0.1) is 25.5 Å². The van der Waals surface area contributed by atoms with Crippen molar-refractivity contribution in [3.63, 3.8) is 0 Å². The van der Waals surface area contributed by atoms with Crippen molar-refractivity contribution < 1.29 is 22.0 Å². The Labute approximate surface area is 154 Å². The summed E-state index contributed by atoms with van der Waals surface area (Å²) in [4.78, 5) is 1.73. The number of alkyl halides is 3. The van der Waals surface area contributed by atoms with Crippen LogP contribution >= 0.6 is 0 Å². The predicted octanol–water partition coefficient (Wildman–Crippen LogP) is 5.19. The van der Waals surface area contributed by atoms with E-state index in [0.717, 1.165) is 23.6 Å². The maximum atomic E-state index is 14.7. The average Bonchev–Trinajstić information content (AvgIpc) is 3.00. The van der Waals surface area contributed by atoms with Gasteiger partial charge in [0.15, 0.2) is 0 Å². The number of hydrogen-bond donors (Lipinski definition) is 0. The number of likely N-dealkylation sites (tertiary alicyclic amines) is 1. The van der Waals surface area contributed by atoms with Crippen molar-refractivity contribution in [1.29, 1.82) is 0 Å². The summed E-state index contributed by atoms with van der Waals surface area (Å²) in [5.74, 6) is -1.86. The Morgan fingerprint density at radius 2 is 1.78 bits per heavy atom. The topological polar surface area (TPSA) is 3.24 Å². The van der Waals surface area contributed by atoms with Crippen LogP contribution < -0.4 is 0 Å². The maximum absolute atomic E-state index is 14.7. The van der Waals surface area contributed by atoms with Gasteiger partial charge in [-0.15, -0.1) is 0 Å². The van der Waals surface area contributed by atoms with Crippen molar-refractivity contribution in [1.82, 2.24) is 4.90 Å². The van der Waals surface area contributed by atoms with Crippen LogP contribution in [0.4, 0.5) is 22.0 Å². The second kappa shape index (κ2) is 6.03. The molecule has 1 fully saturated rings. The zero-order valence-corrected chi connectivity index (χ0v) is 15.2. The van der Waals surface area contributed by atoms with Crippen LogP contribution in [0.2, 0.25) is 0 Å². The van der Waals surface area contributed by atoms with E-state index in [2.05, 4.69) is 6.07 Å². The Balaban J connectivity index is 1.70. The molecule has 27 heavy (non-hydrogen) atoms. The molecule has 5 rings (SSSR count). The lowest BCUT2D eigenvalue weighted by atomic mass is 9.77. The van der Waals surface area contributed by atoms with Crippen molar-refractivity contribution in [3.8, 4) is 0 Å². The number of fused-ring (bicyclic) bond motifs is 2. The lowest BCUT2D eigenvalue weighted by Crippen LogP contribution is -2.45. The van der Waals surface area contributed by atoms with Gasteiger partial charge in [0.1, 0.15) is 17.0 Å². The normalized spacial score (nSPS) is 22.2. The van der Waals surface area contributed by atoms with E-state index in [-0.39, 0.29) is 30.6 Å². The molecule has 0 radical (unpaired) electrons. The molecule has 2 aliphatic carbocycles. The molecule has 6 heteroatoms. The van der Waals surface area contributed by atoms with E-state index in [1.807, 2.05) is 12.1 Å². The summed E-state index contributed by atoms with van der Waals surface area (Å²) < 4.78 is 71.2. The van der Waals surface area contributed by atoms with Gasteiger partial charge in [-0.05, 0) is 61.6 Å². The van der Waals surface area contributed by atoms with Gasteiger partial charge in [-0.1, -0.05) is 18.2 Å². The lowest BCUT2D eigenvalue weighted by Gasteiger charge is -2.34. The third kappa shape index (κ3) is 2.76. The summed E-state index contributed by atoms with van der Waals surface area (Å²) in [5.41, 5.74) is 0.365. The van der Waals surface area contributed by atoms with Crippen LogP contribution in [0.15, 0.2) is 24.3 Å². The first-order chi connectivity index (χ1) is 12.6. The van der Waals surface area contributed by atoms with Crippen molar-refractivity contribution in [3.05, 3.63) is 69.3 Å². The molecule has 1 saturated heterocycles. The molecule has 0 N–H and O–H groups in total. The fourth-order valence-corrected chi connectivity index (χ4v) is 4.35. The Hall–Kier alpha value is -1.95. The molecule has 2 aromatic rings. The highest BCUT2D eigenvalue weighted by atomic mass is 19.4. The first-order valence-corrected chi connectivity index (χ1v) is 8.98. The minimum absolute atomic E-state index is 0.0401. The molecule has 2 aromatic carbocycles. The van der Waals surface area contributed by atoms with Gasteiger partial charge in [-0.25, -0.2) is 8.78 Å². The number of halogens is 5. The summed E-state index contributed by atoms with van der Waals surface area (Å²) >= 11 is 0. The van der Waals surface area contributed by atoms with Crippen LogP contribution in [-0.4, -0.2) is 24.2 Å². The van der Waals surface area contributed by atoms with Crippen LogP contribution in [0.5, 0.6) is 0 Å². The van der Waals surface area contributed by atoms with Gasteiger partial charge >= 0.3 is 6.18 Å². The second-order valence-electron chi connectivity index (χ2n) is 7.81. The largest absolute Gasteiger partial charge is 0.399 e.